The summed E-state index contributed by atoms with van der Waals surface area (Å²) in [7, 11) is 3.98. The molecule has 0 spiro atoms. The number of amides is 2. The molecule has 0 atom stereocenters. The molecular formula is C34H55N5O4. The van der Waals surface area contributed by atoms with Crippen molar-refractivity contribution < 1.29 is 19.2 Å². The van der Waals surface area contributed by atoms with Crippen molar-refractivity contribution in [2.24, 2.45) is 5.92 Å². The third kappa shape index (κ3) is 16.5. The molecule has 43 heavy (non-hydrogen) atoms. The Labute approximate surface area is 260 Å². The highest BCUT2D eigenvalue weighted by Gasteiger charge is 2.26. The summed E-state index contributed by atoms with van der Waals surface area (Å²) in [5, 5.41) is 5.65. The number of benzene rings is 2. The smallest absolute Gasteiger partial charge is 0.242 e. The largest absolute Gasteiger partial charge is 0.373 e. The summed E-state index contributed by atoms with van der Waals surface area (Å²) in [6.07, 6.45) is 3.83. The van der Waals surface area contributed by atoms with Crippen LogP contribution in [0.5, 0.6) is 0 Å². The van der Waals surface area contributed by atoms with Crippen molar-refractivity contribution in [1.82, 2.24) is 15.5 Å². The number of carbonyl (C=O) groups excluding carboxylic acids is 4. The van der Waals surface area contributed by atoms with Crippen molar-refractivity contribution in [3.63, 3.8) is 0 Å². The maximum Gasteiger partial charge on any atom is 0.242 e. The number of hydrogen-bond acceptors (Lipinski definition) is 7. The molecule has 4 rings (SSSR count). The van der Waals surface area contributed by atoms with Crippen LogP contribution in [0.3, 0.4) is 0 Å². The zero-order valence-electron chi connectivity index (χ0n) is 27.5. The summed E-state index contributed by atoms with van der Waals surface area (Å²) >= 11 is 0. The van der Waals surface area contributed by atoms with Gasteiger partial charge in [0.15, 0.2) is 0 Å². The molecule has 9 nitrogen and oxygen atoms in total. The number of rotatable bonds is 9. The predicted molar refractivity (Wildman–Crippen MR) is 179 cm³/mol. The Hall–Kier alpha value is -3.72. The number of anilines is 2. The molecule has 0 radical (unpaired) electrons. The number of carbonyl (C=O) groups is 4. The maximum absolute atomic E-state index is 12.4. The fourth-order valence-corrected chi connectivity index (χ4v) is 4.29. The summed E-state index contributed by atoms with van der Waals surface area (Å²) in [6.45, 7) is 16.5. The van der Waals surface area contributed by atoms with Gasteiger partial charge in [-0.05, 0) is 58.7 Å². The molecule has 0 bridgehead atoms. The third-order valence-corrected chi connectivity index (χ3v) is 6.75. The minimum absolute atomic E-state index is 0.00315. The first-order chi connectivity index (χ1) is 20.8. The number of nitrogens with zero attached hydrogens (tertiary/aromatic N) is 3. The van der Waals surface area contributed by atoms with Gasteiger partial charge in [-0.3, -0.25) is 9.59 Å². The van der Waals surface area contributed by atoms with Gasteiger partial charge in [0, 0.05) is 52.7 Å². The molecule has 1 aliphatic heterocycles. The monoisotopic (exact) mass is 597 g/mol. The van der Waals surface area contributed by atoms with Gasteiger partial charge in [0.2, 0.25) is 11.8 Å². The van der Waals surface area contributed by atoms with E-state index in [0.29, 0.717) is 26.1 Å². The first kappa shape index (κ1) is 39.3. The van der Waals surface area contributed by atoms with Crippen molar-refractivity contribution in [3.05, 3.63) is 59.7 Å². The van der Waals surface area contributed by atoms with Gasteiger partial charge < -0.3 is 34.9 Å². The number of nitrogens with one attached hydrogen (secondary N) is 2. The molecule has 1 saturated carbocycles. The molecule has 2 aliphatic rings. The Kier molecular flexibility index (Phi) is 21.7. The van der Waals surface area contributed by atoms with E-state index in [2.05, 4.69) is 89.9 Å². The van der Waals surface area contributed by atoms with E-state index in [1.165, 1.54) is 42.3 Å². The molecule has 240 valence electrons. The molecule has 2 N–H and O–H groups in total. The van der Waals surface area contributed by atoms with E-state index in [1.54, 1.807) is 7.05 Å². The van der Waals surface area contributed by atoms with Gasteiger partial charge in [-0.1, -0.05) is 61.4 Å². The summed E-state index contributed by atoms with van der Waals surface area (Å²) in [5.41, 5.74) is 5.18. The van der Waals surface area contributed by atoms with E-state index in [1.807, 2.05) is 25.5 Å². The molecule has 2 amide bonds. The van der Waals surface area contributed by atoms with E-state index in [-0.39, 0.29) is 18.4 Å². The average molecular weight is 598 g/mol. The van der Waals surface area contributed by atoms with E-state index in [4.69, 9.17) is 9.59 Å². The van der Waals surface area contributed by atoms with Gasteiger partial charge in [-0.15, -0.1) is 0 Å². The lowest BCUT2D eigenvalue weighted by atomic mass is 10.2. The molecule has 0 unspecified atom stereocenters. The summed E-state index contributed by atoms with van der Waals surface area (Å²) < 4.78 is 0. The van der Waals surface area contributed by atoms with Crippen molar-refractivity contribution in [1.29, 1.82) is 0 Å². The average Bonchev–Trinajstić information content (AvgIpc) is 3.87. The van der Waals surface area contributed by atoms with Gasteiger partial charge in [0.05, 0.1) is 17.9 Å². The molecule has 1 heterocycles. The minimum atomic E-state index is -0.0889. The Morgan fingerprint density at radius 1 is 0.953 bits per heavy atom. The fourth-order valence-electron chi connectivity index (χ4n) is 4.29. The van der Waals surface area contributed by atoms with Gasteiger partial charge in [0.1, 0.15) is 13.1 Å². The number of para-hydroxylation sites is 2. The van der Waals surface area contributed by atoms with Crippen molar-refractivity contribution in [2.75, 3.05) is 69.7 Å². The Balaban J connectivity index is 0.000000977. The highest BCUT2D eigenvalue weighted by atomic mass is 16.2. The van der Waals surface area contributed by atoms with Crippen LogP contribution in [-0.4, -0.2) is 89.7 Å². The van der Waals surface area contributed by atoms with Crippen molar-refractivity contribution in [2.45, 2.75) is 53.9 Å². The van der Waals surface area contributed by atoms with Crippen molar-refractivity contribution >= 4 is 36.3 Å². The number of aryl methyl sites for hydroxylation is 2. The van der Waals surface area contributed by atoms with Crippen LogP contribution in [0.15, 0.2) is 48.5 Å². The second-order valence-electron chi connectivity index (χ2n) is 10.2. The van der Waals surface area contributed by atoms with E-state index >= 15 is 0 Å². The van der Waals surface area contributed by atoms with E-state index in [0.717, 1.165) is 31.8 Å². The Morgan fingerprint density at radius 3 is 1.95 bits per heavy atom. The first-order valence-electron chi connectivity index (χ1n) is 15.2. The Morgan fingerprint density at radius 2 is 1.47 bits per heavy atom. The molecule has 2 fully saturated rings. The normalized spacial score (nSPS) is 13.2. The molecule has 1 aliphatic carbocycles. The lowest BCUT2D eigenvalue weighted by Gasteiger charge is -2.38. The van der Waals surface area contributed by atoms with Gasteiger partial charge in [-0.25, -0.2) is 0 Å². The van der Waals surface area contributed by atoms with Crippen LogP contribution < -0.4 is 20.4 Å². The van der Waals surface area contributed by atoms with Crippen LogP contribution in [0, 0.1) is 19.8 Å². The molecule has 0 aromatic heterocycles. The number of piperazine rings is 1. The van der Waals surface area contributed by atoms with Crippen LogP contribution in [0.1, 0.15) is 51.2 Å². The topological polar surface area (TPSA) is 102 Å². The maximum atomic E-state index is 12.4. The minimum Gasteiger partial charge on any atom is -0.373 e. The second-order valence-corrected chi connectivity index (χ2v) is 10.2. The van der Waals surface area contributed by atoms with Crippen LogP contribution in [0.25, 0.3) is 0 Å². The molecule has 9 heteroatoms. The standard InChI is InChI=1S/C21H33N5O2.C8H10.C2H4O.C2H6.CH2O/c1-22-10-9-20(27)23-15-21(28)26-13-11-25(12-14-26)19-6-4-3-5-18(19)24(2)16-17-7-8-17;1-7-3-5-8(2)6-4-7;1-2-3;2*1-2/h3-6,17,22H,7-16H2,1-2H3,(H,23,27);3-6H,1-2H3;2H,1H3;1-2H3;1H2. The fraction of sp³-hybridized carbons (Fsp3) is 0.529. The van der Waals surface area contributed by atoms with Crippen molar-refractivity contribution in [3.8, 4) is 0 Å². The lowest BCUT2D eigenvalue weighted by Crippen LogP contribution is -2.51. The van der Waals surface area contributed by atoms with Gasteiger partial charge in [-0.2, -0.15) is 0 Å². The molecule has 2 aromatic carbocycles. The summed E-state index contributed by atoms with van der Waals surface area (Å²) in [6, 6.07) is 17.0. The van der Waals surface area contributed by atoms with Crippen LogP contribution in [-0.2, 0) is 19.2 Å². The van der Waals surface area contributed by atoms with Crippen LogP contribution in [0.2, 0.25) is 0 Å². The van der Waals surface area contributed by atoms with E-state index < -0.39 is 0 Å². The summed E-state index contributed by atoms with van der Waals surface area (Å²) in [4.78, 5) is 47.5. The molecule has 1 saturated heterocycles. The predicted octanol–water partition coefficient (Wildman–Crippen LogP) is 4.26. The molecule has 2 aromatic rings. The second kappa shape index (κ2) is 23.8. The summed E-state index contributed by atoms with van der Waals surface area (Å²) in [5.74, 6) is 0.751. The zero-order valence-corrected chi connectivity index (χ0v) is 27.5. The van der Waals surface area contributed by atoms with Crippen LogP contribution in [0.4, 0.5) is 11.4 Å². The van der Waals surface area contributed by atoms with Gasteiger partial charge in [0.25, 0.3) is 0 Å². The quantitative estimate of drug-likeness (QED) is 0.417. The highest BCUT2D eigenvalue weighted by molar-refractivity contribution is 5.85. The highest BCUT2D eigenvalue weighted by Crippen LogP contribution is 2.34. The van der Waals surface area contributed by atoms with Gasteiger partial charge >= 0.3 is 0 Å². The number of hydrogen-bond donors (Lipinski definition) is 2. The molecular weight excluding hydrogens is 542 g/mol. The van der Waals surface area contributed by atoms with E-state index in [9.17, 15) is 9.59 Å². The lowest BCUT2D eigenvalue weighted by molar-refractivity contribution is -0.133. The van der Waals surface area contributed by atoms with Crippen LogP contribution >= 0.6 is 0 Å². The third-order valence-electron chi connectivity index (χ3n) is 6.75. The number of aldehydes is 1. The zero-order chi connectivity index (χ0) is 32.6. The first-order valence-corrected chi connectivity index (χ1v) is 15.2. The Bertz CT molecular complexity index is 1010. The SMILES string of the molecule is C=O.CC.CC=O.CNCCC(=O)NCC(=O)N1CCN(c2ccccc2N(C)CC2CC2)CC1.Cc1ccc(C)cc1.